The van der Waals surface area contributed by atoms with Crippen molar-refractivity contribution in [3.63, 3.8) is 0 Å². The summed E-state index contributed by atoms with van der Waals surface area (Å²) in [7, 11) is 2.09. The molecule has 76 valence electrons. The Labute approximate surface area is 82.0 Å². The van der Waals surface area contributed by atoms with Crippen molar-refractivity contribution in [2.24, 2.45) is 22.9 Å². The Morgan fingerprint density at radius 3 is 2.38 bits per heavy atom. The van der Waals surface area contributed by atoms with E-state index in [1.165, 1.54) is 6.42 Å². The first-order valence-corrected chi connectivity index (χ1v) is 5.29. The summed E-state index contributed by atoms with van der Waals surface area (Å²) in [5.74, 6) is 2.11. The van der Waals surface area contributed by atoms with E-state index in [4.69, 9.17) is 0 Å². The van der Waals surface area contributed by atoms with Crippen LogP contribution >= 0.6 is 0 Å². The fraction of sp³-hybridized carbons (Fsp3) is 0.909. The Bertz CT molecular complexity index is 185. The Morgan fingerprint density at radius 2 is 1.92 bits per heavy atom. The van der Waals surface area contributed by atoms with Crippen LogP contribution in [0.2, 0.25) is 0 Å². The first kappa shape index (κ1) is 10.6. The van der Waals surface area contributed by atoms with Crippen LogP contribution in [0, 0.1) is 17.8 Å². The van der Waals surface area contributed by atoms with Crippen molar-refractivity contribution >= 4 is 6.21 Å². The molecule has 0 aromatic heterocycles. The lowest BCUT2D eigenvalue weighted by Gasteiger charge is -2.28. The second-order valence-electron chi connectivity index (χ2n) is 4.86. The molecule has 0 aliphatic carbocycles. The van der Waals surface area contributed by atoms with Gasteiger partial charge in [-0.25, -0.2) is 0 Å². The van der Waals surface area contributed by atoms with Crippen LogP contribution in [-0.4, -0.2) is 24.3 Å². The minimum atomic E-state index is 0.625. The van der Waals surface area contributed by atoms with Gasteiger partial charge in [0.15, 0.2) is 0 Å². The first-order chi connectivity index (χ1) is 6.02. The Hall–Kier alpha value is -0.530. The van der Waals surface area contributed by atoms with Crippen LogP contribution in [0.3, 0.4) is 0 Å². The molecule has 1 aliphatic heterocycles. The molecule has 2 heteroatoms. The molecule has 1 heterocycles. The average Bonchev–Trinajstić information content (AvgIpc) is 2.32. The second-order valence-corrected chi connectivity index (χ2v) is 4.86. The molecule has 0 bridgehead atoms. The van der Waals surface area contributed by atoms with Gasteiger partial charge in [-0.15, -0.1) is 0 Å². The van der Waals surface area contributed by atoms with Crippen molar-refractivity contribution in [3.8, 4) is 0 Å². The molecular formula is C11H22N2. The molecule has 0 N–H and O–H groups in total. The highest BCUT2D eigenvalue weighted by Crippen LogP contribution is 2.27. The van der Waals surface area contributed by atoms with E-state index in [0.29, 0.717) is 17.9 Å². The molecule has 0 spiro atoms. The molecule has 0 saturated carbocycles. The van der Waals surface area contributed by atoms with E-state index in [0.717, 1.165) is 5.92 Å². The van der Waals surface area contributed by atoms with Crippen molar-refractivity contribution in [2.45, 2.75) is 40.2 Å². The van der Waals surface area contributed by atoms with Crippen LogP contribution in [0.4, 0.5) is 0 Å². The van der Waals surface area contributed by atoms with Crippen LogP contribution in [0.5, 0.6) is 0 Å². The highest BCUT2D eigenvalue weighted by Gasteiger charge is 2.30. The third kappa shape index (κ3) is 2.45. The van der Waals surface area contributed by atoms with Crippen molar-refractivity contribution in [2.75, 3.05) is 7.05 Å². The highest BCUT2D eigenvalue weighted by atomic mass is 15.5. The van der Waals surface area contributed by atoms with Gasteiger partial charge < -0.3 is 0 Å². The fourth-order valence-corrected chi connectivity index (χ4v) is 2.03. The predicted octanol–water partition coefficient (Wildman–Crippen LogP) is 2.60. The normalized spacial score (nSPS) is 28.1. The van der Waals surface area contributed by atoms with E-state index in [1.807, 2.05) is 0 Å². The number of hydrogen-bond donors (Lipinski definition) is 0. The lowest BCUT2D eigenvalue weighted by molar-refractivity contribution is 0.191. The van der Waals surface area contributed by atoms with Gasteiger partial charge in [0.2, 0.25) is 0 Å². The molecule has 0 fully saturated rings. The summed E-state index contributed by atoms with van der Waals surface area (Å²) in [5, 5.41) is 6.51. The van der Waals surface area contributed by atoms with Crippen LogP contribution in [-0.2, 0) is 0 Å². The zero-order valence-electron chi connectivity index (χ0n) is 9.49. The summed E-state index contributed by atoms with van der Waals surface area (Å²) in [6.45, 7) is 9.12. The summed E-state index contributed by atoms with van der Waals surface area (Å²) in [6, 6.07) is 0.625. The minimum Gasteiger partial charge on any atom is -0.297 e. The van der Waals surface area contributed by atoms with E-state index >= 15 is 0 Å². The predicted molar refractivity (Wildman–Crippen MR) is 57.8 cm³/mol. The molecular weight excluding hydrogens is 160 g/mol. The van der Waals surface area contributed by atoms with Gasteiger partial charge in [0.25, 0.3) is 0 Å². The van der Waals surface area contributed by atoms with Crippen molar-refractivity contribution in [1.29, 1.82) is 0 Å². The van der Waals surface area contributed by atoms with Gasteiger partial charge >= 0.3 is 0 Å². The lowest BCUT2D eigenvalue weighted by atomic mass is 9.86. The van der Waals surface area contributed by atoms with Gasteiger partial charge in [0.1, 0.15) is 0 Å². The molecule has 0 amide bonds. The number of nitrogens with zero attached hydrogens (tertiary/aromatic N) is 2. The van der Waals surface area contributed by atoms with E-state index in [9.17, 15) is 0 Å². The molecule has 0 saturated heterocycles. The summed E-state index contributed by atoms with van der Waals surface area (Å²) < 4.78 is 0. The number of rotatable bonds is 3. The van der Waals surface area contributed by atoms with Crippen LogP contribution in [0.1, 0.15) is 34.1 Å². The second kappa shape index (κ2) is 4.12. The topological polar surface area (TPSA) is 15.6 Å². The van der Waals surface area contributed by atoms with Gasteiger partial charge in [0.05, 0.1) is 6.04 Å². The Balaban J connectivity index is 2.59. The molecule has 0 unspecified atom stereocenters. The average molecular weight is 182 g/mol. The third-order valence-corrected chi connectivity index (χ3v) is 2.83. The summed E-state index contributed by atoms with van der Waals surface area (Å²) in [5.41, 5.74) is 0. The van der Waals surface area contributed by atoms with E-state index in [-0.39, 0.29) is 0 Å². The van der Waals surface area contributed by atoms with E-state index in [1.54, 1.807) is 0 Å². The maximum atomic E-state index is 4.38. The van der Waals surface area contributed by atoms with Gasteiger partial charge in [-0.05, 0) is 18.3 Å². The first-order valence-electron chi connectivity index (χ1n) is 5.29. The molecule has 13 heavy (non-hydrogen) atoms. The quantitative estimate of drug-likeness (QED) is 0.655. The number of hydrazone groups is 1. The largest absolute Gasteiger partial charge is 0.297 e. The molecule has 1 aliphatic rings. The standard InChI is InChI=1S/C11H22N2/c1-8(2)6-11-10(9(3)4)7-12-13(11)5/h7-11H,6H2,1-5H3/t10-,11+/m1/s1. The monoisotopic (exact) mass is 182 g/mol. The minimum absolute atomic E-state index is 0.625. The fourth-order valence-electron chi connectivity index (χ4n) is 2.03. The van der Waals surface area contributed by atoms with Crippen molar-refractivity contribution in [1.82, 2.24) is 5.01 Å². The highest BCUT2D eigenvalue weighted by molar-refractivity contribution is 5.63. The van der Waals surface area contributed by atoms with Gasteiger partial charge in [0, 0.05) is 19.2 Å². The zero-order chi connectivity index (χ0) is 10.0. The summed E-state index contributed by atoms with van der Waals surface area (Å²) in [4.78, 5) is 0. The smallest absolute Gasteiger partial charge is 0.0550 e. The van der Waals surface area contributed by atoms with Crippen LogP contribution in [0.25, 0.3) is 0 Å². The van der Waals surface area contributed by atoms with Crippen LogP contribution in [0.15, 0.2) is 5.10 Å². The molecule has 2 nitrogen and oxygen atoms in total. The molecule has 0 aromatic carbocycles. The third-order valence-electron chi connectivity index (χ3n) is 2.83. The molecule has 0 aromatic rings. The molecule has 2 atom stereocenters. The van der Waals surface area contributed by atoms with Crippen LogP contribution < -0.4 is 0 Å². The summed E-state index contributed by atoms with van der Waals surface area (Å²) >= 11 is 0. The van der Waals surface area contributed by atoms with Gasteiger partial charge in [-0.3, -0.25) is 5.01 Å². The zero-order valence-corrected chi connectivity index (χ0v) is 9.49. The molecule has 0 radical (unpaired) electrons. The van der Waals surface area contributed by atoms with E-state index < -0.39 is 0 Å². The Kier molecular flexibility index (Phi) is 3.34. The van der Waals surface area contributed by atoms with Gasteiger partial charge in [-0.2, -0.15) is 5.10 Å². The lowest BCUT2D eigenvalue weighted by Crippen LogP contribution is -2.33. The SMILES string of the molecule is CC(C)C[C@H]1[C@@H](C(C)C)C=NN1C. The maximum Gasteiger partial charge on any atom is 0.0550 e. The maximum absolute atomic E-state index is 4.38. The van der Waals surface area contributed by atoms with Crippen molar-refractivity contribution < 1.29 is 0 Å². The van der Waals surface area contributed by atoms with Gasteiger partial charge in [-0.1, -0.05) is 27.7 Å². The summed E-state index contributed by atoms with van der Waals surface area (Å²) in [6.07, 6.45) is 3.37. The van der Waals surface area contributed by atoms with Crippen molar-refractivity contribution in [3.05, 3.63) is 0 Å². The number of hydrogen-bond acceptors (Lipinski definition) is 2. The van der Waals surface area contributed by atoms with E-state index in [2.05, 4.69) is 51.1 Å². The Morgan fingerprint density at radius 1 is 1.31 bits per heavy atom. The molecule has 1 rings (SSSR count).